The summed E-state index contributed by atoms with van der Waals surface area (Å²) in [7, 11) is 0. The second-order valence-corrected chi connectivity index (χ2v) is 7.14. The Balaban J connectivity index is 1.68. The summed E-state index contributed by atoms with van der Waals surface area (Å²) in [5.74, 6) is 1.05. The molecule has 2 aromatic heterocycles. The van der Waals surface area contributed by atoms with Crippen LogP contribution in [0.5, 0.6) is 0 Å². The third-order valence-electron chi connectivity index (χ3n) is 4.08. The summed E-state index contributed by atoms with van der Waals surface area (Å²) in [6.45, 7) is 6.84. The van der Waals surface area contributed by atoms with Gasteiger partial charge < -0.3 is 15.1 Å². The van der Waals surface area contributed by atoms with E-state index >= 15 is 0 Å². The Morgan fingerprint density at radius 2 is 2.22 bits per heavy atom. The molecular formula is C20H23FN4OS. The van der Waals surface area contributed by atoms with E-state index in [0.29, 0.717) is 24.0 Å². The highest BCUT2D eigenvalue weighted by Gasteiger charge is 2.11. The Bertz CT molecular complexity index is 905. The number of aromatic nitrogens is 1. The summed E-state index contributed by atoms with van der Waals surface area (Å²) >= 11 is 1.58. The number of aryl methyl sites for hydroxylation is 1. The van der Waals surface area contributed by atoms with Crippen molar-refractivity contribution >= 4 is 17.3 Å². The first-order valence-electron chi connectivity index (χ1n) is 8.86. The Kier molecular flexibility index (Phi) is 6.24. The smallest absolute Gasteiger partial charge is 0.236 e. The molecule has 3 rings (SSSR count). The van der Waals surface area contributed by atoms with Crippen LogP contribution in [0.3, 0.4) is 0 Å². The number of aliphatic imine (C=N–C) groups is 1. The molecule has 2 heterocycles. The molecule has 0 aliphatic carbocycles. The van der Waals surface area contributed by atoms with E-state index in [1.54, 1.807) is 36.7 Å². The first-order valence-corrected chi connectivity index (χ1v) is 9.74. The number of thiophene rings is 1. The fourth-order valence-corrected chi connectivity index (χ4v) is 3.20. The molecule has 5 nitrogen and oxygen atoms in total. The molecule has 7 heteroatoms. The molecule has 0 amide bonds. The number of nitrogens with one attached hydrogen (secondary N) is 2. The molecule has 0 aliphatic heterocycles. The van der Waals surface area contributed by atoms with Crippen molar-refractivity contribution in [2.24, 2.45) is 4.99 Å². The van der Waals surface area contributed by atoms with Gasteiger partial charge in [0.1, 0.15) is 17.8 Å². The minimum Gasteiger partial charge on any atom is -0.443 e. The van der Waals surface area contributed by atoms with Gasteiger partial charge in [0, 0.05) is 6.54 Å². The number of benzene rings is 1. The van der Waals surface area contributed by atoms with E-state index in [0.717, 1.165) is 22.7 Å². The third-order valence-corrected chi connectivity index (χ3v) is 4.93. The number of nitrogens with zero attached hydrogens (tertiary/aromatic N) is 2. The summed E-state index contributed by atoms with van der Waals surface area (Å²) in [4.78, 5) is 10.0. The van der Waals surface area contributed by atoms with Crippen LogP contribution in [0.2, 0.25) is 0 Å². The monoisotopic (exact) mass is 386 g/mol. The number of guanidine groups is 1. The Hall–Kier alpha value is -2.67. The van der Waals surface area contributed by atoms with Gasteiger partial charge in [0.25, 0.3) is 0 Å². The molecule has 0 spiro atoms. The van der Waals surface area contributed by atoms with Crippen molar-refractivity contribution < 1.29 is 8.81 Å². The molecule has 2 N–H and O–H groups in total. The standard InChI is InChI=1S/C20H23FN4OS/c1-4-22-20(24-14(3)15-8-7-13(2)17(21)10-15)23-11-16-12-26-19(25-16)18-6-5-9-27-18/h5-10,12,14H,4,11H2,1-3H3,(H2,22,23,24). The molecule has 0 radical (unpaired) electrons. The van der Waals surface area contributed by atoms with E-state index in [1.807, 2.05) is 37.4 Å². The lowest BCUT2D eigenvalue weighted by Crippen LogP contribution is -2.38. The lowest BCUT2D eigenvalue weighted by molar-refractivity contribution is 0.574. The van der Waals surface area contributed by atoms with Gasteiger partial charge in [-0.05, 0) is 49.4 Å². The van der Waals surface area contributed by atoms with Gasteiger partial charge in [-0.15, -0.1) is 11.3 Å². The van der Waals surface area contributed by atoms with Crippen LogP contribution in [0.25, 0.3) is 10.8 Å². The molecular weight excluding hydrogens is 363 g/mol. The van der Waals surface area contributed by atoms with Crippen molar-refractivity contribution in [3.8, 4) is 10.8 Å². The number of hydrogen-bond acceptors (Lipinski definition) is 4. The molecule has 0 bridgehead atoms. The molecule has 0 fully saturated rings. The summed E-state index contributed by atoms with van der Waals surface area (Å²) in [5, 5.41) is 8.49. The highest BCUT2D eigenvalue weighted by molar-refractivity contribution is 7.13. The summed E-state index contributed by atoms with van der Waals surface area (Å²) in [6, 6.07) is 9.11. The summed E-state index contributed by atoms with van der Waals surface area (Å²) in [5.41, 5.74) is 2.26. The van der Waals surface area contributed by atoms with E-state index in [4.69, 9.17) is 4.42 Å². The molecule has 0 aliphatic rings. The first kappa shape index (κ1) is 19.1. The van der Waals surface area contributed by atoms with Crippen molar-refractivity contribution in [2.45, 2.75) is 33.4 Å². The van der Waals surface area contributed by atoms with Crippen molar-refractivity contribution in [3.05, 3.63) is 64.6 Å². The van der Waals surface area contributed by atoms with E-state index < -0.39 is 0 Å². The van der Waals surface area contributed by atoms with Gasteiger partial charge in [0.05, 0.1) is 17.5 Å². The molecule has 3 aromatic rings. The molecule has 1 unspecified atom stereocenters. The van der Waals surface area contributed by atoms with E-state index in [2.05, 4.69) is 20.6 Å². The lowest BCUT2D eigenvalue weighted by Gasteiger charge is -2.18. The van der Waals surface area contributed by atoms with Crippen LogP contribution in [0.4, 0.5) is 4.39 Å². The van der Waals surface area contributed by atoms with Gasteiger partial charge >= 0.3 is 0 Å². The van der Waals surface area contributed by atoms with Crippen LogP contribution in [0, 0.1) is 12.7 Å². The van der Waals surface area contributed by atoms with Crippen LogP contribution in [0.1, 0.15) is 36.7 Å². The van der Waals surface area contributed by atoms with Crippen molar-refractivity contribution in [3.63, 3.8) is 0 Å². The Morgan fingerprint density at radius 3 is 2.93 bits per heavy atom. The Morgan fingerprint density at radius 1 is 1.37 bits per heavy atom. The molecule has 0 saturated carbocycles. The molecule has 1 aromatic carbocycles. The highest BCUT2D eigenvalue weighted by Crippen LogP contribution is 2.23. The maximum atomic E-state index is 13.8. The average molecular weight is 386 g/mol. The molecule has 142 valence electrons. The van der Waals surface area contributed by atoms with Crippen molar-refractivity contribution in [1.29, 1.82) is 0 Å². The van der Waals surface area contributed by atoms with E-state index in [1.165, 1.54) is 0 Å². The number of oxazole rings is 1. The number of hydrogen-bond donors (Lipinski definition) is 2. The first-order chi connectivity index (χ1) is 13.1. The number of halogens is 1. The maximum Gasteiger partial charge on any atom is 0.236 e. The predicted molar refractivity (Wildman–Crippen MR) is 107 cm³/mol. The molecule has 27 heavy (non-hydrogen) atoms. The number of rotatable bonds is 6. The largest absolute Gasteiger partial charge is 0.443 e. The van der Waals surface area contributed by atoms with Gasteiger partial charge in [-0.1, -0.05) is 18.2 Å². The van der Waals surface area contributed by atoms with Gasteiger partial charge in [-0.2, -0.15) is 0 Å². The van der Waals surface area contributed by atoms with Gasteiger partial charge in [0.15, 0.2) is 5.96 Å². The topological polar surface area (TPSA) is 62.5 Å². The average Bonchev–Trinajstić information content (AvgIpc) is 3.33. The predicted octanol–water partition coefficient (Wildman–Crippen LogP) is 4.67. The van der Waals surface area contributed by atoms with E-state index in [-0.39, 0.29) is 11.9 Å². The SMILES string of the molecule is CCNC(=NCc1coc(-c2cccs2)n1)NC(C)c1ccc(C)c(F)c1. The van der Waals surface area contributed by atoms with Gasteiger partial charge in [0.2, 0.25) is 5.89 Å². The molecule has 0 saturated heterocycles. The second-order valence-electron chi connectivity index (χ2n) is 6.19. The zero-order valence-electron chi connectivity index (χ0n) is 15.6. The minimum atomic E-state index is -0.202. The molecule has 1 atom stereocenters. The van der Waals surface area contributed by atoms with Crippen LogP contribution < -0.4 is 10.6 Å². The maximum absolute atomic E-state index is 13.8. The zero-order chi connectivity index (χ0) is 19.2. The Labute approximate surface area is 162 Å². The second kappa shape index (κ2) is 8.81. The fraction of sp³-hybridized carbons (Fsp3) is 0.300. The van der Waals surface area contributed by atoms with Gasteiger partial charge in [-0.25, -0.2) is 14.4 Å². The zero-order valence-corrected chi connectivity index (χ0v) is 16.4. The van der Waals surface area contributed by atoms with Crippen molar-refractivity contribution in [1.82, 2.24) is 15.6 Å². The minimum absolute atomic E-state index is 0.0862. The summed E-state index contributed by atoms with van der Waals surface area (Å²) in [6.07, 6.45) is 1.63. The quantitative estimate of drug-likeness (QED) is 0.477. The van der Waals surface area contributed by atoms with Crippen molar-refractivity contribution in [2.75, 3.05) is 6.54 Å². The highest BCUT2D eigenvalue weighted by atomic mass is 32.1. The van der Waals surface area contributed by atoms with Crippen LogP contribution in [0.15, 0.2) is 51.4 Å². The van der Waals surface area contributed by atoms with Gasteiger partial charge in [-0.3, -0.25) is 0 Å². The van der Waals surface area contributed by atoms with Crippen LogP contribution in [-0.2, 0) is 6.54 Å². The van der Waals surface area contributed by atoms with Crippen LogP contribution >= 0.6 is 11.3 Å². The van der Waals surface area contributed by atoms with E-state index in [9.17, 15) is 4.39 Å². The normalized spacial score (nSPS) is 12.8. The summed E-state index contributed by atoms with van der Waals surface area (Å²) < 4.78 is 19.3. The van der Waals surface area contributed by atoms with Crippen LogP contribution in [-0.4, -0.2) is 17.5 Å². The third kappa shape index (κ3) is 4.95. The lowest BCUT2D eigenvalue weighted by atomic mass is 10.1. The fourth-order valence-electron chi connectivity index (χ4n) is 2.54.